The molecule has 250 valence electrons. The van der Waals surface area contributed by atoms with Gasteiger partial charge in [-0.2, -0.15) is 26.3 Å². The minimum absolute atomic E-state index is 0.0573. The average molecular weight is 660 g/mol. The third-order valence-corrected chi connectivity index (χ3v) is 9.21. The van der Waals surface area contributed by atoms with E-state index in [1.807, 2.05) is 32.0 Å². The van der Waals surface area contributed by atoms with Crippen LogP contribution in [0.5, 0.6) is 0 Å². The van der Waals surface area contributed by atoms with Crippen LogP contribution in [0.15, 0.2) is 60.2 Å². The minimum Gasteiger partial charge on any atom is -0.478 e. The minimum atomic E-state index is -5.03. The molecule has 0 radical (unpaired) electrons. The van der Waals surface area contributed by atoms with Gasteiger partial charge in [0, 0.05) is 6.54 Å². The summed E-state index contributed by atoms with van der Waals surface area (Å²) in [4.78, 5) is 26.1. The fraction of sp³-hybridized carbons (Fsp3) is 0.389. The van der Waals surface area contributed by atoms with Crippen molar-refractivity contribution >= 4 is 17.6 Å². The van der Waals surface area contributed by atoms with E-state index in [4.69, 9.17) is 4.74 Å². The lowest BCUT2D eigenvalue weighted by Gasteiger charge is -2.35. The molecular weight excluding hydrogens is 624 g/mol. The first-order chi connectivity index (χ1) is 21.7. The quantitative estimate of drug-likeness (QED) is 0.268. The number of rotatable bonds is 6. The van der Waals surface area contributed by atoms with Crippen molar-refractivity contribution in [3.8, 4) is 11.1 Å². The smallest absolute Gasteiger partial charge is 0.416 e. The van der Waals surface area contributed by atoms with Crippen LogP contribution < -0.4 is 0 Å². The molecule has 3 aromatic rings. The molecule has 0 bridgehead atoms. The fourth-order valence-corrected chi connectivity index (χ4v) is 6.62. The van der Waals surface area contributed by atoms with Crippen molar-refractivity contribution in [3.63, 3.8) is 0 Å². The van der Waals surface area contributed by atoms with Crippen LogP contribution in [0.3, 0.4) is 0 Å². The highest BCUT2D eigenvalue weighted by molar-refractivity contribution is 5.89. The summed E-state index contributed by atoms with van der Waals surface area (Å²) in [6.45, 7) is 9.67. The van der Waals surface area contributed by atoms with Crippen molar-refractivity contribution in [1.82, 2.24) is 4.90 Å². The summed E-state index contributed by atoms with van der Waals surface area (Å²) in [5.74, 6) is -1.02. The van der Waals surface area contributed by atoms with E-state index in [2.05, 4.69) is 13.8 Å². The van der Waals surface area contributed by atoms with Crippen LogP contribution in [0.1, 0.15) is 89.9 Å². The fourth-order valence-electron chi connectivity index (χ4n) is 6.62. The van der Waals surface area contributed by atoms with E-state index in [1.165, 1.54) is 4.90 Å². The van der Waals surface area contributed by atoms with Gasteiger partial charge in [-0.15, -0.1) is 0 Å². The molecule has 0 spiro atoms. The van der Waals surface area contributed by atoms with Crippen molar-refractivity contribution in [1.29, 1.82) is 0 Å². The SMILES string of the molecule is Cc1cc(C(=O)O)ccc1-c1cc(C2=C(CN3C(=O)O[C@H](c4cc(C(F)(F)F)cc(C(F)(F)F)c4)[C@@H]3C)CC(C)(C)CC2)ccc1C. The van der Waals surface area contributed by atoms with E-state index in [0.29, 0.717) is 25.0 Å². The van der Waals surface area contributed by atoms with Crippen molar-refractivity contribution in [2.75, 3.05) is 6.54 Å². The number of ether oxygens (including phenoxy) is 1. The van der Waals surface area contributed by atoms with Gasteiger partial charge in [0.15, 0.2) is 0 Å². The molecule has 1 N–H and O–H groups in total. The largest absolute Gasteiger partial charge is 0.478 e. The van der Waals surface area contributed by atoms with Gasteiger partial charge >= 0.3 is 24.4 Å². The second kappa shape index (κ2) is 12.1. The molecule has 2 atom stereocenters. The van der Waals surface area contributed by atoms with Gasteiger partial charge in [-0.05, 0) is 126 Å². The highest BCUT2D eigenvalue weighted by Gasteiger charge is 2.44. The zero-order chi connectivity index (χ0) is 34.6. The summed E-state index contributed by atoms with van der Waals surface area (Å²) in [7, 11) is 0. The van der Waals surface area contributed by atoms with Gasteiger partial charge in [-0.3, -0.25) is 4.90 Å². The topological polar surface area (TPSA) is 66.8 Å². The van der Waals surface area contributed by atoms with Crippen LogP contribution in [-0.2, 0) is 17.1 Å². The lowest BCUT2D eigenvalue weighted by molar-refractivity contribution is -0.143. The maximum absolute atomic E-state index is 13.6. The van der Waals surface area contributed by atoms with E-state index in [-0.39, 0.29) is 29.2 Å². The van der Waals surface area contributed by atoms with Crippen molar-refractivity contribution in [3.05, 3.63) is 99.1 Å². The van der Waals surface area contributed by atoms with Crippen molar-refractivity contribution in [2.45, 2.75) is 78.4 Å². The molecule has 5 rings (SSSR count). The number of benzene rings is 3. The number of hydrogen-bond donors (Lipinski definition) is 1. The molecule has 1 fully saturated rings. The predicted molar refractivity (Wildman–Crippen MR) is 165 cm³/mol. The monoisotopic (exact) mass is 659 g/mol. The first kappa shape index (κ1) is 34.1. The van der Waals surface area contributed by atoms with Gasteiger partial charge in [-0.25, -0.2) is 9.59 Å². The summed E-state index contributed by atoms with van der Waals surface area (Å²) < 4.78 is 86.9. The first-order valence-corrected chi connectivity index (χ1v) is 15.2. The number of cyclic esters (lactones) is 1. The summed E-state index contributed by atoms with van der Waals surface area (Å²) in [6, 6.07) is 11.4. The summed E-state index contributed by atoms with van der Waals surface area (Å²) in [5.41, 5.74) is 3.20. The Morgan fingerprint density at radius 1 is 0.915 bits per heavy atom. The molecule has 3 aromatic carbocycles. The highest BCUT2D eigenvalue weighted by Crippen LogP contribution is 2.46. The Morgan fingerprint density at radius 2 is 1.55 bits per heavy atom. The lowest BCUT2D eigenvalue weighted by atomic mass is 9.72. The van der Waals surface area contributed by atoms with Crippen LogP contribution >= 0.6 is 0 Å². The number of aryl methyl sites for hydroxylation is 2. The summed E-state index contributed by atoms with van der Waals surface area (Å²) >= 11 is 0. The molecule has 0 unspecified atom stereocenters. The second-order valence-electron chi connectivity index (χ2n) is 13.3. The molecule has 11 heteroatoms. The van der Waals surface area contributed by atoms with Gasteiger partial charge in [0.25, 0.3) is 0 Å². The number of hydrogen-bond acceptors (Lipinski definition) is 3. The van der Waals surface area contributed by atoms with Crippen molar-refractivity contribution in [2.24, 2.45) is 5.41 Å². The molecule has 1 amide bonds. The third-order valence-electron chi connectivity index (χ3n) is 9.21. The number of carbonyl (C=O) groups is 2. The zero-order valence-corrected chi connectivity index (χ0v) is 26.6. The first-order valence-electron chi connectivity index (χ1n) is 15.2. The van der Waals surface area contributed by atoms with Gasteiger partial charge in [0.05, 0.1) is 22.7 Å². The molecule has 1 aliphatic heterocycles. The highest BCUT2D eigenvalue weighted by atomic mass is 19.4. The maximum Gasteiger partial charge on any atom is 0.416 e. The van der Waals surface area contributed by atoms with Crippen LogP contribution in [0, 0.1) is 19.3 Å². The number of amides is 1. The molecule has 1 saturated heterocycles. The van der Waals surface area contributed by atoms with E-state index in [0.717, 1.165) is 45.4 Å². The Bertz CT molecular complexity index is 1740. The van der Waals surface area contributed by atoms with Gasteiger partial charge in [0.1, 0.15) is 6.10 Å². The van der Waals surface area contributed by atoms with E-state index >= 15 is 0 Å². The third kappa shape index (κ3) is 7.04. The molecule has 0 saturated carbocycles. The molecular formula is C36H35F6NO4. The number of carbonyl (C=O) groups excluding carboxylic acids is 1. The molecule has 2 aliphatic rings. The van der Waals surface area contributed by atoms with Crippen LogP contribution in [0.2, 0.25) is 0 Å². The zero-order valence-electron chi connectivity index (χ0n) is 26.6. The number of aromatic carboxylic acids is 1. The van der Waals surface area contributed by atoms with Crippen LogP contribution in [-0.4, -0.2) is 34.7 Å². The maximum atomic E-state index is 13.6. The normalized spacial score (nSPS) is 20.1. The van der Waals surface area contributed by atoms with Gasteiger partial charge < -0.3 is 9.84 Å². The number of halogens is 6. The lowest BCUT2D eigenvalue weighted by Crippen LogP contribution is -2.35. The molecule has 47 heavy (non-hydrogen) atoms. The van der Waals surface area contributed by atoms with E-state index in [1.54, 1.807) is 25.1 Å². The number of carboxylic acid groups (broad SMARTS) is 1. The number of nitrogens with zero attached hydrogens (tertiary/aromatic N) is 1. The van der Waals surface area contributed by atoms with E-state index in [9.17, 15) is 41.0 Å². The van der Waals surface area contributed by atoms with Gasteiger partial charge in [-0.1, -0.05) is 32.0 Å². The Kier molecular flexibility index (Phi) is 8.74. The second-order valence-corrected chi connectivity index (χ2v) is 13.3. The number of allylic oxidation sites excluding steroid dienone is 1. The Balaban J connectivity index is 1.52. The standard InChI is InChI=1S/C36H35F6NO4/c1-19-6-7-22(15-30(19)28-9-8-23(32(44)45)12-20(28)2)29-10-11-34(4,5)17-25(29)18-43-21(3)31(47-33(43)46)24-13-26(35(37,38)39)16-27(14-24)36(40,41)42/h6-9,12-16,21,31H,10-11,17-18H2,1-5H3,(H,44,45)/t21-,31-/m0/s1. The summed E-state index contributed by atoms with van der Waals surface area (Å²) in [5, 5.41) is 9.40. The Labute approximate surface area is 268 Å². The van der Waals surface area contributed by atoms with Crippen LogP contribution in [0.4, 0.5) is 31.1 Å². The Hall–Kier alpha value is -4.28. The number of carboxylic acids is 1. The summed E-state index contributed by atoms with van der Waals surface area (Å²) in [6.07, 6.45) is -10.1. The van der Waals surface area contributed by atoms with Crippen LogP contribution in [0.25, 0.3) is 16.7 Å². The number of alkyl halides is 6. The molecule has 5 nitrogen and oxygen atoms in total. The molecule has 1 heterocycles. The predicted octanol–water partition coefficient (Wildman–Crippen LogP) is 10.3. The van der Waals surface area contributed by atoms with Crippen molar-refractivity contribution < 1.29 is 45.8 Å². The van der Waals surface area contributed by atoms with Gasteiger partial charge in [0.2, 0.25) is 0 Å². The Morgan fingerprint density at radius 3 is 2.13 bits per heavy atom. The average Bonchev–Trinajstić information content (AvgIpc) is 3.24. The van der Waals surface area contributed by atoms with E-state index < -0.39 is 47.7 Å². The molecule has 1 aliphatic carbocycles. The molecule has 0 aromatic heterocycles.